The second-order valence-corrected chi connectivity index (χ2v) is 7.29. The normalized spacial score (nSPS) is 37.8. The Morgan fingerprint density at radius 3 is 2.72 bits per heavy atom. The van der Waals surface area contributed by atoms with Crippen molar-refractivity contribution < 1.29 is 9.84 Å². The quantitative estimate of drug-likeness (QED) is 0.809. The van der Waals surface area contributed by atoms with Crippen LogP contribution in [0.15, 0.2) is 0 Å². The fourth-order valence-electron chi connectivity index (χ4n) is 3.46. The summed E-state index contributed by atoms with van der Waals surface area (Å²) < 4.78 is 5.90. The third-order valence-corrected chi connectivity index (χ3v) is 5.25. The molecule has 2 fully saturated rings. The number of rotatable bonds is 4. The largest absolute Gasteiger partial charge is 0.389 e. The number of hydrogen-bond donors (Lipinski definition) is 2. The number of aliphatic hydroxyl groups is 1. The molecule has 2 aliphatic rings. The maximum Gasteiger partial charge on any atom is 0.0766 e. The number of ether oxygens (including phenoxy) is 1. The predicted molar refractivity (Wildman–Crippen MR) is 73.5 cm³/mol. The third kappa shape index (κ3) is 2.33. The van der Waals surface area contributed by atoms with Crippen LogP contribution in [0.2, 0.25) is 0 Å². The van der Waals surface area contributed by atoms with Gasteiger partial charge in [0.2, 0.25) is 0 Å². The molecule has 3 heteroatoms. The van der Waals surface area contributed by atoms with Gasteiger partial charge in [-0.2, -0.15) is 0 Å². The summed E-state index contributed by atoms with van der Waals surface area (Å²) in [6.45, 7) is 12.2. The molecule has 1 heterocycles. The Kier molecular flexibility index (Phi) is 3.79. The molecule has 0 amide bonds. The van der Waals surface area contributed by atoms with Gasteiger partial charge in [-0.25, -0.2) is 0 Å². The minimum absolute atomic E-state index is 0.193. The van der Waals surface area contributed by atoms with Gasteiger partial charge < -0.3 is 15.2 Å². The number of fused-ring (bicyclic) bond motifs is 1. The summed E-state index contributed by atoms with van der Waals surface area (Å²) in [6, 6.07) is 0.480. The summed E-state index contributed by atoms with van der Waals surface area (Å²) in [5.41, 5.74) is -0.436. The van der Waals surface area contributed by atoms with E-state index < -0.39 is 5.60 Å². The van der Waals surface area contributed by atoms with Gasteiger partial charge in [0.15, 0.2) is 0 Å². The van der Waals surface area contributed by atoms with E-state index in [0.717, 1.165) is 6.61 Å². The van der Waals surface area contributed by atoms with Gasteiger partial charge in [0.1, 0.15) is 0 Å². The molecule has 2 N–H and O–H groups in total. The monoisotopic (exact) mass is 255 g/mol. The lowest BCUT2D eigenvalue weighted by atomic mass is 9.55. The molecule has 0 aromatic rings. The second kappa shape index (κ2) is 4.77. The zero-order valence-corrected chi connectivity index (χ0v) is 12.5. The zero-order valence-electron chi connectivity index (χ0n) is 12.5. The van der Waals surface area contributed by atoms with Crippen molar-refractivity contribution in [3.8, 4) is 0 Å². The lowest BCUT2D eigenvalue weighted by Gasteiger charge is -2.60. The Bertz CT molecular complexity index is 299. The molecule has 0 bridgehead atoms. The van der Waals surface area contributed by atoms with Crippen molar-refractivity contribution in [2.75, 3.05) is 13.2 Å². The van der Waals surface area contributed by atoms with Crippen LogP contribution in [-0.4, -0.2) is 36.0 Å². The van der Waals surface area contributed by atoms with Crippen LogP contribution in [0, 0.1) is 17.3 Å². The van der Waals surface area contributed by atoms with Crippen LogP contribution in [0.25, 0.3) is 0 Å². The Morgan fingerprint density at radius 2 is 2.11 bits per heavy atom. The van der Waals surface area contributed by atoms with E-state index in [4.69, 9.17) is 4.74 Å². The Balaban J connectivity index is 1.93. The summed E-state index contributed by atoms with van der Waals surface area (Å²) in [7, 11) is 0. The SMILES string of the molecule is CC(C)C(C)(O)CNC1C2CCCOC2C1(C)C. The molecule has 0 radical (unpaired) electrons. The van der Waals surface area contributed by atoms with Crippen LogP contribution in [0.3, 0.4) is 0 Å². The molecular weight excluding hydrogens is 226 g/mol. The van der Waals surface area contributed by atoms with E-state index in [0.29, 0.717) is 24.6 Å². The maximum absolute atomic E-state index is 10.3. The van der Waals surface area contributed by atoms with E-state index in [9.17, 15) is 5.11 Å². The van der Waals surface area contributed by atoms with Gasteiger partial charge in [-0.1, -0.05) is 27.7 Å². The molecule has 106 valence electrons. The van der Waals surface area contributed by atoms with E-state index in [1.807, 2.05) is 6.92 Å². The van der Waals surface area contributed by atoms with Crippen molar-refractivity contribution >= 4 is 0 Å². The molecule has 4 atom stereocenters. The van der Waals surface area contributed by atoms with Crippen LogP contribution >= 0.6 is 0 Å². The molecular formula is C15H29NO2. The second-order valence-electron chi connectivity index (χ2n) is 7.29. The topological polar surface area (TPSA) is 41.5 Å². The summed E-state index contributed by atoms with van der Waals surface area (Å²) in [6.07, 6.45) is 2.85. The van der Waals surface area contributed by atoms with Gasteiger partial charge in [0.05, 0.1) is 11.7 Å². The molecule has 3 nitrogen and oxygen atoms in total. The van der Waals surface area contributed by atoms with Crippen LogP contribution in [-0.2, 0) is 4.74 Å². The third-order valence-electron chi connectivity index (χ3n) is 5.25. The first-order chi connectivity index (χ1) is 8.27. The minimum Gasteiger partial charge on any atom is -0.389 e. The van der Waals surface area contributed by atoms with Crippen molar-refractivity contribution in [2.24, 2.45) is 17.3 Å². The minimum atomic E-state index is -0.628. The van der Waals surface area contributed by atoms with Crippen molar-refractivity contribution in [1.82, 2.24) is 5.32 Å². The molecule has 4 unspecified atom stereocenters. The highest BCUT2D eigenvalue weighted by atomic mass is 16.5. The molecule has 1 aliphatic carbocycles. The molecule has 0 aromatic heterocycles. The Labute approximate surface area is 111 Å². The van der Waals surface area contributed by atoms with Crippen molar-refractivity contribution in [2.45, 2.75) is 65.2 Å². The highest BCUT2D eigenvalue weighted by Crippen LogP contribution is 2.51. The molecule has 0 aromatic carbocycles. The van der Waals surface area contributed by atoms with E-state index in [-0.39, 0.29) is 11.3 Å². The smallest absolute Gasteiger partial charge is 0.0766 e. The molecule has 18 heavy (non-hydrogen) atoms. The standard InChI is InChI=1S/C15H29NO2/c1-10(2)15(5,17)9-16-12-11-7-6-8-18-13(11)14(12,3)4/h10-13,16-17H,6-9H2,1-5H3. The molecule has 2 rings (SSSR count). The van der Waals surface area contributed by atoms with Crippen LogP contribution in [0.4, 0.5) is 0 Å². The average Bonchev–Trinajstić information content (AvgIpc) is 2.28. The molecule has 1 saturated carbocycles. The Hall–Kier alpha value is -0.120. The maximum atomic E-state index is 10.3. The van der Waals surface area contributed by atoms with E-state index >= 15 is 0 Å². The van der Waals surface area contributed by atoms with Crippen LogP contribution in [0.1, 0.15) is 47.5 Å². The van der Waals surface area contributed by atoms with E-state index in [1.165, 1.54) is 12.8 Å². The fraction of sp³-hybridized carbons (Fsp3) is 1.00. The summed E-state index contributed by atoms with van der Waals surface area (Å²) in [4.78, 5) is 0. The first-order valence-electron chi connectivity index (χ1n) is 7.34. The average molecular weight is 255 g/mol. The number of hydrogen-bond acceptors (Lipinski definition) is 3. The van der Waals surface area contributed by atoms with Gasteiger partial charge in [-0.3, -0.25) is 0 Å². The van der Waals surface area contributed by atoms with Crippen LogP contribution < -0.4 is 5.32 Å². The number of nitrogens with one attached hydrogen (secondary N) is 1. The zero-order chi connectivity index (χ0) is 13.6. The van der Waals surface area contributed by atoms with E-state index in [2.05, 4.69) is 33.0 Å². The predicted octanol–water partition coefficient (Wildman–Crippen LogP) is 2.19. The molecule has 0 spiro atoms. The van der Waals surface area contributed by atoms with Gasteiger partial charge in [-0.15, -0.1) is 0 Å². The lowest BCUT2D eigenvalue weighted by molar-refractivity contribution is -0.195. The lowest BCUT2D eigenvalue weighted by Crippen LogP contribution is -2.70. The van der Waals surface area contributed by atoms with Gasteiger partial charge >= 0.3 is 0 Å². The first kappa shape index (κ1) is 14.3. The van der Waals surface area contributed by atoms with Crippen molar-refractivity contribution in [1.29, 1.82) is 0 Å². The highest BCUT2D eigenvalue weighted by Gasteiger charge is 2.57. The Morgan fingerprint density at radius 1 is 1.44 bits per heavy atom. The van der Waals surface area contributed by atoms with Gasteiger partial charge in [-0.05, 0) is 25.7 Å². The molecule has 1 saturated heterocycles. The first-order valence-corrected chi connectivity index (χ1v) is 7.34. The summed E-state index contributed by atoms with van der Waals surface area (Å²) in [5.74, 6) is 0.906. The summed E-state index contributed by atoms with van der Waals surface area (Å²) in [5, 5.41) is 13.9. The summed E-state index contributed by atoms with van der Waals surface area (Å²) >= 11 is 0. The van der Waals surface area contributed by atoms with Crippen molar-refractivity contribution in [3.05, 3.63) is 0 Å². The highest BCUT2D eigenvalue weighted by molar-refractivity contribution is 5.10. The van der Waals surface area contributed by atoms with Gasteiger partial charge in [0, 0.05) is 30.5 Å². The van der Waals surface area contributed by atoms with Crippen LogP contribution in [0.5, 0.6) is 0 Å². The van der Waals surface area contributed by atoms with E-state index in [1.54, 1.807) is 0 Å². The molecule has 1 aliphatic heterocycles. The fourth-order valence-corrected chi connectivity index (χ4v) is 3.46. The van der Waals surface area contributed by atoms with Crippen molar-refractivity contribution in [3.63, 3.8) is 0 Å². The van der Waals surface area contributed by atoms with Gasteiger partial charge in [0.25, 0.3) is 0 Å².